The van der Waals surface area contributed by atoms with Gasteiger partial charge in [0.2, 0.25) is 0 Å². The van der Waals surface area contributed by atoms with Crippen molar-refractivity contribution in [3.8, 4) is 0 Å². The average molecular weight is 206 g/mol. The van der Waals surface area contributed by atoms with Gasteiger partial charge in [-0.05, 0) is 19.3 Å². The van der Waals surface area contributed by atoms with Gasteiger partial charge in [0.15, 0.2) is 0 Å². The van der Waals surface area contributed by atoms with E-state index >= 15 is 0 Å². The first-order valence-corrected chi connectivity index (χ1v) is 5.75. The van der Waals surface area contributed by atoms with Crippen LogP contribution in [0.4, 0.5) is 0 Å². The highest BCUT2D eigenvalue weighted by atomic mass is 15.3. The fourth-order valence-corrected chi connectivity index (χ4v) is 2.70. The molecule has 15 heavy (non-hydrogen) atoms. The molecule has 3 rings (SSSR count). The van der Waals surface area contributed by atoms with Crippen LogP contribution in [0.2, 0.25) is 0 Å². The van der Waals surface area contributed by atoms with E-state index in [1.807, 2.05) is 12.5 Å². The van der Waals surface area contributed by atoms with E-state index in [0.29, 0.717) is 6.04 Å². The molecule has 2 atom stereocenters. The molecule has 4 nitrogen and oxygen atoms in total. The lowest BCUT2D eigenvalue weighted by Gasteiger charge is -2.26. The number of nitrogens with zero attached hydrogens (tertiary/aromatic N) is 3. The third-order valence-electron chi connectivity index (χ3n) is 3.66. The molecular weight excluding hydrogens is 188 g/mol. The van der Waals surface area contributed by atoms with E-state index < -0.39 is 0 Å². The lowest BCUT2D eigenvalue weighted by Crippen LogP contribution is -2.34. The predicted molar refractivity (Wildman–Crippen MR) is 58.3 cm³/mol. The van der Waals surface area contributed by atoms with Gasteiger partial charge < -0.3 is 10.3 Å². The van der Waals surface area contributed by atoms with E-state index in [1.54, 1.807) is 0 Å². The van der Waals surface area contributed by atoms with Crippen LogP contribution in [0.1, 0.15) is 31.0 Å². The van der Waals surface area contributed by atoms with Gasteiger partial charge in [0.25, 0.3) is 0 Å². The van der Waals surface area contributed by atoms with Crippen molar-refractivity contribution in [1.82, 2.24) is 14.5 Å². The predicted octanol–water partition coefficient (Wildman–Crippen LogP) is 0.657. The summed E-state index contributed by atoms with van der Waals surface area (Å²) in [6.07, 6.45) is 7.64. The summed E-state index contributed by atoms with van der Waals surface area (Å²) in [6.45, 7) is 1.15. The molecule has 1 saturated heterocycles. The van der Waals surface area contributed by atoms with Gasteiger partial charge in [-0.15, -0.1) is 0 Å². The van der Waals surface area contributed by atoms with Crippen LogP contribution in [0.5, 0.6) is 0 Å². The van der Waals surface area contributed by atoms with Crippen LogP contribution in [-0.4, -0.2) is 33.1 Å². The van der Waals surface area contributed by atoms with Crippen LogP contribution in [0.15, 0.2) is 12.5 Å². The van der Waals surface area contributed by atoms with Crippen LogP contribution in [-0.2, 0) is 7.05 Å². The molecule has 1 aliphatic heterocycles. The summed E-state index contributed by atoms with van der Waals surface area (Å²) in [5, 5.41) is 0. The molecular formula is C11H18N4. The smallest absolute Gasteiger partial charge is 0.0946 e. The summed E-state index contributed by atoms with van der Waals surface area (Å²) in [7, 11) is 2.05. The second-order valence-electron chi connectivity index (χ2n) is 4.80. The van der Waals surface area contributed by atoms with Crippen molar-refractivity contribution in [3.63, 3.8) is 0 Å². The molecule has 2 N–H and O–H groups in total. The zero-order valence-corrected chi connectivity index (χ0v) is 9.13. The number of likely N-dealkylation sites (tertiary alicyclic amines) is 1. The molecule has 0 radical (unpaired) electrons. The first-order chi connectivity index (χ1) is 7.27. The summed E-state index contributed by atoms with van der Waals surface area (Å²) < 4.78 is 2.10. The third-order valence-corrected chi connectivity index (χ3v) is 3.66. The maximum absolute atomic E-state index is 6.21. The van der Waals surface area contributed by atoms with Crippen LogP contribution in [0, 0.1) is 0 Å². The molecule has 2 aliphatic rings. The highest BCUT2D eigenvalue weighted by Crippen LogP contribution is 2.39. The number of hydrogen-bond acceptors (Lipinski definition) is 3. The monoisotopic (exact) mass is 206 g/mol. The number of imidazole rings is 1. The first-order valence-electron chi connectivity index (χ1n) is 5.75. The number of aromatic nitrogens is 2. The Bertz CT molecular complexity index is 355. The minimum absolute atomic E-state index is 0.279. The lowest BCUT2D eigenvalue weighted by atomic mass is 10.1. The molecule has 2 fully saturated rings. The van der Waals surface area contributed by atoms with Crippen molar-refractivity contribution in [2.45, 2.75) is 37.4 Å². The Balaban J connectivity index is 1.91. The molecule has 0 spiro atoms. The van der Waals surface area contributed by atoms with E-state index in [1.165, 1.54) is 18.5 Å². The van der Waals surface area contributed by atoms with Crippen LogP contribution in [0.3, 0.4) is 0 Å². The zero-order valence-electron chi connectivity index (χ0n) is 9.13. The van der Waals surface area contributed by atoms with Crippen molar-refractivity contribution < 1.29 is 0 Å². The summed E-state index contributed by atoms with van der Waals surface area (Å²) in [5.41, 5.74) is 7.48. The Morgan fingerprint density at radius 3 is 2.80 bits per heavy atom. The Labute approximate surface area is 90.1 Å². The lowest BCUT2D eigenvalue weighted by molar-refractivity contribution is 0.230. The first kappa shape index (κ1) is 9.36. The zero-order chi connectivity index (χ0) is 10.4. The molecule has 2 heterocycles. The normalized spacial score (nSPS) is 32.4. The maximum atomic E-state index is 6.21. The van der Waals surface area contributed by atoms with Crippen LogP contribution < -0.4 is 5.73 Å². The molecule has 4 heteroatoms. The van der Waals surface area contributed by atoms with Crippen molar-refractivity contribution in [2.24, 2.45) is 12.8 Å². The van der Waals surface area contributed by atoms with Gasteiger partial charge in [-0.3, -0.25) is 4.90 Å². The second-order valence-corrected chi connectivity index (χ2v) is 4.80. The van der Waals surface area contributed by atoms with Gasteiger partial charge in [0.1, 0.15) is 0 Å². The van der Waals surface area contributed by atoms with Crippen LogP contribution in [0.25, 0.3) is 0 Å². The highest BCUT2D eigenvalue weighted by Gasteiger charge is 2.42. The molecule has 0 bridgehead atoms. The van der Waals surface area contributed by atoms with E-state index in [9.17, 15) is 0 Å². The van der Waals surface area contributed by atoms with E-state index in [-0.39, 0.29) is 6.04 Å². The maximum Gasteiger partial charge on any atom is 0.0946 e. The molecule has 1 saturated carbocycles. The fraction of sp³-hybridized carbons (Fsp3) is 0.727. The highest BCUT2D eigenvalue weighted by molar-refractivity contribution is 5.13. The molecule has 82 valence electrons. The molecule has 2 unspecified atom stereocenters. The van der Waals surface area contributed by atoms with Gasteiger partial charge in [-0.2, -0.15) is 0 Å². The van der Waals surface area contributed by atoms with Crippen molar-refractivity contribution in [2.75, 3.05) is 6.54 Å². The third kappa shape index (κ3) is 1.48. The molecule has 1 aliphatic carbocycles. The number of nitrogens with two attached hydrogens (primary N) is 1. The Morgan fingerprint density at radius 2 is 2.20 bits per heavy atom. The van der Waals surface area contributed by atoms with Crippen LogP contribution >= 0.6 is 0 Å². The summed E-state index contributed by atoms with van der Waals surface area (Å²) in [6, 6.07) is 1.46. The van der Waals surface area contributed by atoms with E-state index in [4.69, 9.17) is 5.73 Å². The van der Waals surface area contributed by atoms with Gasteiger partial charge in [0, 0.05) is 31.9 Å². The standard InChI is InChI=1S/C11H18N4/c1-14-7-13-6-10(14)11-9(12)4-5-15(11)8-2-3-8/h6-9,11H,2-5,12H2,1H3. The molecule has 1 aromatic rings. The SMILES string of the molecule is Cn1cncc1C1C(N)CCN1C1CC1. The van der Waals surface area contributed by atoms with Gasteiger partial charge in [-0.25, -0.2) is 4.98 Å². The molecule has 1 aromatic heterocycles. The number of aryl methyl sites for hydroxylation is 1. The second kappa shape index (κ2) is 3.32. The van der Waals surface area contributed by atoms with Crippen molar-refractivity contribution in [3.05, 3.63) is 18.2 Å². The van der Waals surface area contributed by atoms with Gasteiger partial charge in [-0.1, -0.05) is 0 Å². The summed E-state index contributed by atoms with van der Waals surface area (Å²) >= 11 is 0. The summed E-state index contributed by atoms with van der Waals surface area (Å²) in [4.78, 5) is 6.77. The van der Waals surface area contributed by atoms with Crippen molar-refractivity contribution in [1.29, 1.82) is 0 Å². The van der Waals surface area contributed by atoms with E-state index in [0.717, 1.165) is 19.0 Å². The quantitative estimate of drug-likeness (QED) is 0.773. The van der Waals surface area contributed by atoms with E-state index in [2.05, 4.69) is 21.5 Å². The topological polar surface area (TPSA) is 47.1 Å². The minimum Gasteiger partial charge on any atom is -0.336 e. The number of hydrogen-bond donors (Lipinski definition) is 1. The Morgan fingerprint density at radius 1 is 1.40 bits per heavy atom. The van der Waals surface area contributed by atoms with Gasteiger partial charge in [0.05, 0.1) is 18.1 Å². The summed E-state index contributed by atoms with van der Waals surface area (Å²) in [5.74, 6) is 0. The van der Waals surface area contributed by atoms with Crippen molar-refractivity contribution >= 4 is 0 Å². The average Bonchev–Trinajstić information content (AvgIpc) is 2.88. The largest absolute Gasteiger partial charge is 0.336 e. The fourth-order valence-electron chi connectivity index (χ4n) is 2.70. The Kier molecular flexibility index (Phi) is 2.07. The Hall–Kier alpha value is -0.870. The number of rotatable bonds is 2. The molecule has 0 aromatic carbocycles. The van der Waals surface area contributed by atoms with Gasteiger partial charge >= 0.3 is 0 Å². The molecule has 0 amide bonds. The minimum atomic E-state index is 0.279.